The lowest BCUT2D eigenvalue weighted by Gasteiger charge is -2.44. The fraction of sp³-hybridized carbons (Fsp3) is 0.400. The minimum atomic E-state index is -0.0339. The summed E-state index contributed by atoms with van der Waals surface area (Å²) in [5, 5.41) is 3.59. The van der Waals surface area contributed by atoms with E-state index >= 15 is 0 Å². The Bertz CT molecular complexity index is 1410. The average Bonchev–Trinajstić information content (AvgIpc) is 3.00. The summed E-state index contributed by atoms with van der Waals surface area (Å²) in [6.07, 6.45) is 12.1. The number of pyridine rings is 1. The summed E-state index contributed by atoms with van der Waals surface area (Å²) in [5.74, 6) is 1.28. The van der Waals surface area contributed by atoms with Crippen LogP contribution in [-0.4, -0.2) is 67.8 Å². The van der Waals surface area contributed by atoms with Gasteiger partial charge in [0.25, 0.3) is 0 Å². The Morgan fingerprint density at radius 3 is 2.56 bits per heavy atom. The highest BCUT2D eigenvalue weighted by atomic mass is 79.9. The van der Waals surface area contributed by atoms with Crippen LogP contribution in [0.1, 0.15) is 41.5 Å². The zero-order valence-electron chi connectivity index (χ0n) is 24.3. The number of piperazine rings is 1. The summed E-state index contributed by atoms with van der Waals surface area (Å²) in [5.41, 5.74) is 8.05. The highest BCUT2D eigenvalue weighted by Gasteiger charge is 2.42. The third kappa shape index (κ3) is 6.36. The average molecular weight is 614 g/mol. The van der Waals surface area contributed by atoms with Crippen LogP contribution in [0, 0.1) is 0 Å². The van der Waals surface area contributed by atoms with Crippen molar-refractivity contribution in [3.8, 4) is 0 Å². The van der Waals surface area contributed by atoms with E-state index in [0.717, 1.165) is 81.1 Å². The molecule has 1 aliphatic heterocycles. The second-order valence-corrected chi connectivity index (χ2v) is 12.8. The maximum atomic E-state index is 5.23. The molecular weight excluding hydrogens is 572 g/mol. The third-order valence-corrected chi connectivity index (χ3v) is 9.72. The Morgan fingerprint density at radius 1 is 1.02 bits per heavy atom. The molecule has 1 aromatic heterocycles. The van der Waals surface area contributed by atoms with Crippen LogP contribution in [0.2, 0.25) is 0 Å². The Balaban J connectivity index is 1.11. The third-order valence-electron chi connectivity index (χ3n) is 9.23. The van der Waals surface area contributed by atoms with E-state index in [-0.39, 0.29) is 5.41 Å². The first kappa shape index (κ1) is 28.4. The molecule has 0 bridgehead atoms. The van der Waals surface area contributed by atoms with E-state index in [1.807, 2.05) is 0 Å². The van der Waals surface area contributed by atoms with Crippen molar-refractivity contribution in [2.24, 2.45) is 0 Å². The van der Waals surface area contributed by atoms with Crippen molar-refractivity contribution >= 4 is 27.4 Å². The van der Waals surface area contributed by atoms with Gasteiger partial charge in [-0.15, -0.1) is 0 Å². The molecule has 214 valence electrons. The minimum Gasteiger partial charge on any atom is -0.383 e. The zero-order valence-corrected chi connectivity index (χ0v) is 25.9. The normalized spacial score (nSPS) is 22.6. The number of ether oxygens (including phenoxy) is 1. The number of rotatable bonds is 9. The number of hydrogen-bond acceptors (Lipinski definition) is 5. The maximum absolute atomic E-state index is 5.23. The lowest BCUT2D eigenvalue weighted by Crippen LogP contribution is -2.47. The van der Waals surface area contributed by atoms with Crippen molar-refractivity contribution in [1.29, 1.82) is 0 Å². The number of benzene rings is 2. The van der Waals surface area contributed by atoms with Gasteiger partial charge >= 0.3 is 0 Å². The van der Waals surface area contributed by atoms with E-state index in [1.54, 1.807) is 7.11 Å². The minimum absolute atomic E-state index is 0.0339. The van der Waals surface area contributed by atoms with Gasteiger partial charge in [-0.25, -0.2) is 4.98 Å². The summed E-state index contributed by atoms with van der Waals surface area (Å²) in [6.45, 7) is 9.94. The Morgan fingerprint density at radius 2 is 1.80 bits per heavy atom. The molecule has 5 nitrogen and oxygen atoms in total. The molecule has 0 spiro atoms. The van der Waals surface area contributed by atoms with Crippen LogP contribution in [0.3, 0.4) is 0 Å². The van der Waals surface area contributed by atoms with Gasteiger partial charge in [0.05, 0.1) is 6.61 Å². The first-order valence-corrected chi connectivity index (χ1v) is 15.7. The predicted molar refractivity (Wildman–Crippen MR) is 172 cm³/mol. The number of anilines is 2. The molecule has 1 saturated heterocycles. The molecule has 3 aromatic rings. The van der Waals surface area contributed by atoms with Crippen LogP contribution in [0.5, 0.6) is 0 Å². The quantitative estimate of drug-likeness (QED) is 0.285. The number of nitrogens with zero attached hydrogens (tertiary/aromatic N) is 3. The molecule has 3 aliphatic rings. The molecular formula is C35H41BrN4O. The Hall–Kier alpha value is -2.77. The molecule has 6 rings (SSSR count). The topological polar surface area (TPSA) is 40.6 Å². The number of hydrogen-bond donors (Lipinski definition) is 1. The van der Waals surface area contributed by atoms with Gasteiger partial charge in [0.1, 0.15) is 5.82 Å². The molecule has 0 amide bonds. The first-order chi connectivity index (χ1) is 20.0. The summed E-state index contributed by atoms with van der Waals surface area (Å²) >= 11 is 3.68. The fourth-order valence-corrected chi connectivity index (χ4v) is 7.19. The van der Waals surface area contributed by atoms with Crippen molar-refractivity contribution in [3.63, 3.8) is 0 Å². The van der Waals surface area contributed by atoms with Crippen LogP contribution in [-0.2, 0) is 23.0 Å². The van der Waals surface area contributed by atoms with Crippen LogP contribution >= 0.6 is 15.9 Å². The standard InChI is InChI=1S/C35H41BrN4O/c1-35-14-4-3-8-32(35)31(27-6-5-7-29(36)22-27)23-28-25-37-34(24-33(28)35)38-30-11-9-26(10-12-30)13-15-39-16-18-40(19-17-39)20-21-41-2/h3-12,22,24-25,31H,13-21,23H2,1-2H3,(H,37,38). The smallest absolute Gasteiger partial charge is 0.130 e. The molecule has 2 atom stereocenters. The predicted octanol–water partition coefficient (Wildman–Crippen LogP) is 6.88. The van der Waals surface area contributed by atoms with E-state index in [0.29, 0.717) is 5.92 Å². The van der Waals surface area contributed by atoms with Crippen molar-refractivity contribution in [2.45, 2.75) is 37.5 Å². The summed E-state index contributed by atoms with van der Waals surface area (Å²) < 4.78 is 6.36. The molecule has 1 N–H and O–H groups in total. The number of methoxy groups -OCH3 is 1. The van der Waals surface area contributed by atoms with Gasteiger partial charge in [0.2, 0.25) is 0 Å². The van der Waals surface area contributed by atoms with Gasteiger partial charge in [-0.3, -0.25) is 4.90 Å². The number of nitrogens with one attached hydrogen (secondary N) is 1. The van der Waals surface area contributed by atoms with E-state index in [1.165, 1.54) is 27.8 Å². The molecule has 2 unspecified atom stereocenters. The van der Waals surface area contributed by atoms with Crippen LogP contribution in [0.4, 0.5) is 11.5 Å². The Labute approximate surface area is 253 Å². The van der Waals surface area contributed by atoms with E-state index in [4.69, 9.17) is 9.72 Å². The second-order valence-electron chi connectivity index (χ2n) is 11.9. The van der Waals surface area contributed by atoms with Crippen LogP contribution in [0.15, 0.2) is 89.1 Å². The highest BCUT2D eigenvalue weighted by molar-refractivity contribution is 9.10. The molecule has 1 fully saturated rings. The second kappa shape index (κ2) is 12.6. The molecule has 2 aliphatic carbocycles. The van der Waals surface area contributed by atoms with Gasteiger partial charge in [-0.1, -0.05) is 70.9 Å². The fourth-order valence-electron chi connectivity index (χ4n) is 6.77. The maximum Gasteiger partial charge on any atom is 0.130 e. The highest BCUT2D eigenvalue weighted by Crippen LogP contribution is 2.51. The molecule has 0 saturated carbocycles. The summed E-state index contributed by atoms with van der Waals surface area (Å²) in [4.78, 5) is 9.95. The van der Waals surface area contributed by atoms with Crippen LogP contribution in [0.25, 0.3) is 0 Å². The van der Waals surface area contributed by atoms with Gasteiger partial charge in [0.15, 0.2) is 0 Å². The molecule has 41 heavy (non-hydrogen) atoms. The van der Waals surface area contributed by atoms with Gasteiger partial charge in [-0.2, -0.15) is 0 Å². The van der Waals surface area contributed by atoms with Gasteiger partial charge < -0.3 is 15.0 Å². The van der Waals surface area contributed by atoms with Crippen LogP contribution < -0.4 is 5.32 Å². The zero-order chi connectivity index (χ0) is 28.2. The number of halogens is 1. The lowest BCUT2D eigenvalue weighted by molar-refractivity contribution is 0.0976. The largest absolute Gasteiger partial charge is 0.383 e. The van der Waals surface area contributed by atoms with Crippen molar-refractivity contribution in [3.05, 3.63) is 111 Å². The van der Waals surface area contributed by atoms with Crippen molar-refractivity contribution in [1.82, 2.24) is 14.8 Å². The summed E-state index contributed by atoms with van der Waals surface area (Å²) in [6, 6.07) is 20.0. The first-order valence-electron chi connectivity index (χ1n) is 14.9. The molecule has 0 radical (unpaired) electrons. The SMILES string of the molecule is COCCN1CCN(CCc2ccc(Nc3cc4c(cn3)CC(c3cccc(Br)c3)C3=CC=CCC34C)cc2)CC1. The lowest BCUT2D eigenvalue weighted by atomic mass is 9.60. The number of aromatic nitrogens is 1. The van der Waals surface area contributed by atoms with Gasteiger partial charge in [-0.05, 0) is 71.8 Å². The number of fused-ring (bicyclic) bond motifs is 3. The molecule has 6 heteroatoms. The Kier molecular flexibility index (Phi) is 8.73. The number of allylic oxidation sites excluding steroid dienone is 4. The van der Waals surface area contributed by atoms with E-state index < -0.39 is 0 Å². The van der Waals surface area contributed by atoms with E-state index in [2.05, 4.69) is 117 Å². The van der Waals surface area contributed by atoms with E-state index in [9.17, 15) is 0 Å². The molecule has 2 aromatic carbocycles. The van der Waals surface area contributed by atoms with Crippen molar-refractivity contribution < 1.29 is 4.74 Å². The van der Waals surface area contributed by atoms with Crippen molar-refractivity contribution in [2.75, 3.05) is 58.3 Å². The monoisotopic (exact) mass is 612 g/mol. The molecule has 2 heterocycles. The summed E-state index contributed by atoms with van der Waals surface area (Å²) in [7, 11) is 1.78. The van der Waals surface area contributed by atoms with Gasteiger partial charge in [0, 0.05) is 74.1 Å².